The molecule has 16 heavy (non-hydrogen) atoms. The number of carbonyl (C=O) groups is 1. The normalized spacial score (nSPS) is 27.4. The summed E-state index contributed by atoms with van der Waals surface area (Å²) in [5.74, 6) is -0.204. The van der Waals surface area contributed by atoms with Crippen molar-refractivity contribution in [1.82, 2.24) is 5.32 Å². The van der Waals surface area contributed by atoms with E-state index in [-0.39, 0.29) is 10.8 Å². The van der Waals surface area contributed by atoms with Crippen LogP contribution in [0.4, 0.5) is 0 Å². The predicted octanol–water partition coefficient (Wildman–Crippen LogP) is 2.19. The molecule has 1 aliphatic rings. The van der Waals surface area contributed by atoms with E-state index in [1.807, 2.05) is 11.8 Å². The third-order valence-corrected chi connectivity index (χ3v) is 4.79. The number of thioether (sulfide) groups is 1. The van der Waals surface area contributed by atoms with Gasteiger partial charge < -0.3 is 10.1 Å². The zero-order valence-electron chi connectivity index (χ0n) is 9.87. The second-order valence-corrected chi connectivity index (χ2v) is 6.36. The zero-order chi connectivity index (χ0) is 12.0. The van der Waals surface area contributed by atoms with Crippen molar-refractivity contribution in [3.8, 4) is 0 Å². The predicted molar refractivity (Wildman–Crippen MR) is 72.3 cm³/mol. The van der Waals surface area contributed by atoms with Gasteiger partial charge in [-0.25, -0.2) is 0 Å². The number of hydrogen-bond acceptors (Lipinski definition) is 4. The van der Waals surface area contributed by atoms with Gasteiger partial charge in [-0.1, -0.05) is 22.4 Å². The Hall–Kier alpha value is 0.260. The SMILES string of the molecule is COC(=O)C(Br)CNC1CCCC(SC)C1. The van der Waals surface area contributed by atoms with Crippen molar-refractivity contribution in [3.63, 3.8) is 0 Å². The van der Waals surface area contributed by atoms with E-state index in [1.165, 1.54) is 32.8 Å². The second-order valence-electron chi connectivity index (χ2n) is 4.12. The first kappa shape index (κ1) is 14.3. The lowest BCUT2D eigenvalue weighted by Crippen LogP contribution is -2.40. The molecule has 0 heterocycles. The molecule has 94 valence electrons. The van der Waals surface area contributed by atoms with Gasteiger partial charge in [-0.05, 0) is 25.5 Å². The molecule has 1 rings (SSSR count). The molecule has 0 aromatic heterocycles. The number of nitrogens with one attached hydrogen (secondary N) is 1. The van der Waals surface area contributed by atoms with Crippen molar-refractivity contribution in [1.29, 1.82) is 0 Å². The minimum Gasteiger partial charge on any atom is -0.468 e. The molecule has 1 N–H and O–H groups in total. The first-order chi connectivity index (χ1) is 7.67. The maximum Gasteiger partial charge on any atom is 0.320 e. The maximum absolute atomic E-state index is 11.2. The highest BCUT2D eigenvalue weighted by Crippen LogP contribution is 2.26. The summed E-state index contributed by atoms with van der Waals surface area (Å²) in [5.41, 5.74) is 0. The molecule has 0 radical (unpaired) electrons. The third-order valence-electron chi connectivity index (χ3n) is 3.00. The van der Waals surface area contributed by atoms with Crippen LogP contribution in [0.5, 0.6) is 0 Å². The summed E-state index contributed by atoms with van der Waals surface area (Å²) in [6.45, 7) is 0.651. The van der Waals surface area contributed by atoms with Gasteiger partial charge in [0.1, 0.15) is 4.83 Å². The van der Waals surface area contributed by atoms with Crippen LogP contribution >= 0.6 is 27.7 Å². The molecule has 3 atom stereocenters. The van der Waals surface area contributed by atoms with Crippen molar-refractivity contribution in [2.45, 2.75) is 41.8 Å². The number of carbonyl (C=O) groups excluding carboxylic acids is 1. The number of hydrogen-bond donors (Lipinski definition) is 1. The number of methoxy groups -OCH3 is 1. The Kier molecular flexibility index (Phi) is 6.77. The fourth-order valence-electron chi connectivity index (χ4n) is 2.03. The van der Waals surface area contributed by atoms with Gasteiger partial charge in [-0.15, -0.1) is 0 Å². The van der Waals surface area contributed by atoms with E-state index < -0.39 is 0 Å². The van der Waals surface area contributed by atoms with Gasteiger partial charge in [0.2, 0.25) is 0 Å². The summed E-state index contributed by atoms with van der Waals surface area (Å²) in [6, 6.07) is 0.552. The number of alkyl halides is 1. The topological polar surface area (TPSA) is 38.3 Å². The van der Waals surface area contributed by atoms with Crippen LogP contribution in [0.2, 0.25) is 0 Å². The van der Waals surface area contributed by atoms with Crippen molar-refractivity contribution in [2.24, 2.45) is 0 Å². The van der Waals surface area contributed by atoms with Gasteiger partial charge in [-0.3, -0.25) is 4.79 Å². The van der Waals surface area contributed by atoms with Crippen LogP contribution in [0.3, 0.4) is 0 Å². The smallest absolute Gasteiger partial charge is 0.320 e. The number of halogens is 1. The molecule has 3 nitrogen and oxygen atoms in total. The Bertz CT molecular complexity index is 228. The summed E-state index contributed by atoms with van der Waals surface area (Å²) >= 11 is 5.27. The van der Waals surface area contributed by atoms with Gasteiger partial charge in [0.15, 0.2) is 0 Å². The van der Waals surface area contributed by atoms with E-state index in [0.717, 1.165) is 5.25 Å². The van der Waals surface area contributed by atoms with E-state index in [4.69, 9.17) is 0 Å². The molecule has 1 fully saturated rings. The average Bonchev–Trinajstić information content (AvgIpc) is 2.35. The quantitative estimate of drug-likeness (QED) is 0.624. The molecule has 0 bridgehead atoms. The van der Waals surface area contributed by atoms with Crippen molar-refractivity contribution < 1.29 is 9.53 Å². The monoisotopic (exact) mass is 309 g/mol. The van der Waals surface area contributed by atoms with Crippen LogP contribution in [0, 0.1) is 0 Å². The Labute approximate surface area is 110 Å². The summed E-state index contributed by atoms with van der Waals surface area (Å²) in [7, 11) is 1.42. The van der Waals surface area contributed by atoms with Crippen molar-refractivity contribution >= 4 is 33.7 Å². The standard InChI is InChI=1S/C11H20BrNO2S/c1-15-11(14)10(12)7-13-8-4-3-5-9(6-8)16-2/h8-10,13H,3-7H2,1-2H3. The summed E-state index contributed by atoms with van der Waals surface area (Å²) in [4.78, 5) is 11.0. The molecule has 0 saturated heterocycles. The van der Waals surface area contributed by atoms with Crippen LogP contribution in [0.25, 0.3) is 0 Å². The minimum absolute atomic E-state index is 0.204. The molecule has 0 aliphatic heterocycles. The molecule has 0 aromatic carbocycles. The average molecular weight is 310 g/mol. The minimum atomic E-state index is -0.229. The highest BCUT2D eigenvalue weighted by Gasteiger charge is 2.23. The summed E-state index contributed by atoms with van der Waals surface area (Å²) < 4.78 is 4.66. The Balaban J connectivity index is 2.24. The van der Waals surface area contributed by atoms with Gasteiger partial charge in [-0.2, -0.15) is 11.8 Å². The molecule has 0 amide bonds. The van der Waals surface area contributed by atoms with Gasteiger partial charge in [0, 0.05) is 17.8 Å². The van der Waals surface area contributed by atoms with E-state index in [1.54, 1.807) is 0 Å². The van der Waals surface area contributed by atoms with Crippen LogP contribution < -0.4 is 5.32 Å². The number of ether oxygens (including phenoxy) is 1. The molecular weight excluding hydrogens is 290 g/mol. The van der Waals surface area contributed by atoms with Crippen molar-refractivity contribution in [3.05, 3.63) is 0 Å². The van der Waals surface area contributed by atoms with E-state index in [2.05, 4.69) is 32.2 Å². The third kappa shape index (κ3) is 4.63. The largest absolute Gasteiger partial charge is 0.468 e. The fourth-order valence-corrected chi connectivity index (χ4v) is 3.23. The second kappa shape index (κ2) is 7.56. The van der Waals surface area contributed by atoms with Crippen LogP contribution in [0.15, 0.2) is 0 Å². The fraction of sp³-hybridized carbons (Fsp3) is 0.909. The van der Waals surface area contributed by atoms with Gasteiger partial charge in [0.25, 0.3) is 0 Å². The molecule has 0 spiro atoms. The van der Waals surface area contributed by atoms with E-state index in [0.29, 0.717) is 12.6 Å². The van der Waals surface area contributed by atoms with Crippen molar-refractivity contribution in [2.75, 3.05) is 19.9 Å². The summed E-state index contributed by atoms with van der Waals surface area (Å²) in [6.07, 6.45) is 7.22. The molecule has 5 heteroatoms. The maximum atomic E-state index is 11.2. The molecule has 3 unspecified atom stereocenters. The lowest BCUT2D eigenvalue weighted by Gasteiger charge is -2.29. The van der Waals surface area contributed by atoms with Crippen LogP contribution in [-0.4, -0.2) is 42.0 Å². The Morgan fingerprint density at radius 1 is 1.62 bits per heavy atom. The molecular formula is C11H20BrNO2S. The molecule has 0 aromatic rings. The van der Waals surface area contributed by atoms with E-state index in [9.17, 15) is 4.79 Å². The highest BCUT2D eigenvalue weighted by molar-refractivity contribution is 9.10. The number of rotatable bonds is 5. The molecule has 1 saturated carbocycles. The van der Waals surface area contributed by atoms with E-state index >= 15 is 0 Å². The van der Waals surface area contributed by atoms with Crippen LogP contribution in [0.1, 0.15) is 25.7 Å². The van der Waals surface area contributed by atoms with Gasteiger partial charge in [0.05, 0.1) is 7.11 Å². The zero-order valence-corrected chi connectivity index (χ0v) is 12.3. The first-order valence-electron chi connectivity index (χ1n) is 5.65. The lowest BCUT2D eigenvalue weighted by atomic mass is 9.95. The number of esters is 1. The lowest BCUT2D eigenvalue weighted by molar-refractivity contribution is -0.139. The highest BCUT2D eigenvalue weighted by atomic mass is 79.9. The van der Waals surface area contributed by atoms with Crippen LogP contribution in [-0.2, 0) is 9.53 Å². The summed E-state index contributed by atoms with van der Waals surface area (Å²) in [5, 5.41) is 4.22. The molecule has 1 aliphatic carbocycles. The Morgan fingerprint density at radius 3 is 3.00 bits per heavy atom. The van der Waals surface area contributed by atoms with Gasteiger partial charge >= 0.3 is 5.97 Å². The Morgan fingerprint density at radius 2 is 2.38 bits per heavy atom. The first-order valence-corrected chi connectivity index (χ1v) is 7.85.